The number of alkyl halides is 3. The lowest BCUT2D eigenvalue weighted by atomic mass is 10.2. The number of hydrogen-bond donors (Lipinski definition) is 2. The second-order valence-electron chi connectivity index (χ2n) is 3.39. The maximum absolute atomic E-state index is 12.5. The standard InChI is InChI=1S/C10H7ClF3N3S/c11-6-2-1-5(10(12,13)14)3-7(6)17-9-16-4-8(15)18-9/h1-4H,15H2,(H,16,17). The third-order valence-corrected chi connectivity index (χ3v) is 3.13. The average Bonchev–Trinajstić information content (AvgIpc) is 2.66. The van der Waals surface area contributed by atoms with Crippen LogP contribution in [0.15, 0.2) is 24.4 Å². The molecule has 0 atom stereocenters. The lowest BCUT2D eigenvalue weighted by Gasteiger charge is -2.10. The van der Waals surface area contributed by atoms with Gasteiger partial charge in [0.05, 0.1) is 22.5 Å². The van der Waals surface area contributed by atoms with Gasteiger partial charge in [-0.1, -0.05) is 22.9 Å². The Hall–Kier alpha value is -1.47. The lowest BCUT2D eigenvalue weighted by molar-refractivity contribution is -0.137. The summed E-state index contributed by atoms with van der Waals surface area (Å²) in [6.45, 7) is 0. The van der Waals surface area contributed by atoms with Crippen LogP contribution in [0.5, 0.6) is 0 Å². The summed E-state index contributed by atoms with van der Waals surface area (Å²) in [5.41, 5.74) is 4.83. The van der Waals surface area contributed by atoms with E-state index in [0.717, 1.165) is 23.5 Å². The average molecular weight is 294 g/mol. The Morgan fingerprint density at radius 2 is 2.06 bits per heavy atom. The minimum absolute atomic E-state index is 0.140. The molecule has 0 amide bonds. The summed E-state index contributed by atoms with van der Waals surface area (Å²) in [6.07, 6.45) is -3.00. The van der Waals surface area contributed by atoms with E-state index in [4.69, 9.17) is 17.3 Å². The van der Waals surface area contributed by atoms with Gasteiger partial charge in [-0.25, -0.2) is 4.98 Å². The van der Waals surface area contributed by atoms with Gasteiger partial charge < -0.3 is 11.1 Å². The molecule has 1 aromatic heterocycles. The fourth-order valence-corrected chi connectivity index (χ4v) is 2.02. The maximum atomic E-state index is 12.5. The highest BCUT2D eigenvalue weighted by molar-refractivity contribution is 7.19. The molecule has 3 nitrogen and oxygen atoms in total. The summed E-state index contributed by atoms with van der Waals surface area (Å²) in [6, 6.07) is 3.04. The first-order chi connectivity index (χ1) is 8.36. The van der Waals surface area contributed by atoms with Crippen LogP contribution < -0.4 is 11.1 Å². The molecule has 1 heterocycles. The van der Waals surface area contributed by atoms with Crippen LogP contribution in [0.25, 0.3) is 0 Å². The van der Waals surface area contributed by atoms with E-state index in [0.29, 0.717) is 10.1 Å². The van der Waals surface area contributed by atoms with E-state index >= 15 is 0 Å². The SMILES string of the molecule is Nc1cnc(Nc2cc(C(F)(F)F)ccc2Cl)s1. The van der Waals surface area contributed by atoms with Crippen LogP contribution >= 0.6 is 22.9 Å². The summed E-state index contributed by atoms with van der Waals surface area (Å²) in [4.78, 5) is 3.89. The predicted molar refractivity (Wildman–Crippen MR) is 66.3 cm³/mol. The smallest absolute Gasteiger partial charge is 0.389 e. The van der Waals surface area contributed by atoms with Gasteiger partial charge in [-0.2, -0.15) is 13.2 Å². The molecule has 0 bridgehead atoms. The van der Waals surface area contributed by atoms with Crippen molar-refractivity contribution in [3.05, 3.63) is 35.0 Å². The highest BCUT2D eigenvalue weighted by Gasteiger charge is 2.31. The van der Waals surface area contributed by atoms with Crippen molar-refractivity contribution in [1.29, 1.82) is 0 Å². The van der Waals surface area contributed by atoms with Crippen LogP contribution in [0.3, 0.4) is 0 Å². The van der Waals surface area contributed by atoms with E-state index in [1.807, 2.05) is 0 Å². The van der Waals surface area contributed by atoms with Gasteiger partial charge in [0, 0.05) is 0 Å². The molecule has 96 valence electrons. The van der Waals surface area contributed by atoms with Crippen molar-refractivity contribution in [2.75, 3.05) is 11.1 Å². The Balaban J connectivity index is 2.32. The normalized spacial score (nSPS) is 11.6. The van der Waals surface area contributed by atoms with E-state index < -0.39 is 11.7 Å². The van der Waals surface area contributed by atoms with Crippen LogP contribution in [-0.2, 0) is 6.18 Å². The molecule has 2 aromatic rings. The number of rotatable bonds is 2. The fraction of sp³-hybridized carbons (Fsp3) is 0.100. The lowest BCUT2D eigenvalue weighted by Crippen LogP contribution is -2.05. The molecule has 0 spiro atoms. The molecule has 1 aromatic carbocycles. The minimum atomic E-state index is -4.41. The Morgan fingerprint density at radius 3 is 2.61 bits per heavy atom. The summed E-state index contributed by atoms with van der Waals surface area (Å²) >= 11 is 6.94. The van der Waals surface area contributed by atoms with Gasteiger partial charge in [0.15, 0.2) is 5.13 Å². The molecule has 3 N–H and O–H groups in total. The minimum Gasteiger partial charge on any atom is -0.389 e. The molecule has 0 radical (unpaired) electrons. The zero-order chi connectivity index (χ0) is 13.3. The fourth-order valence-electron chi connectivity index (χ4n) is 1.26. The van der Waals surface area contributed by atoms with Crippen molar-refractivity contribution in [1.82, 2.24) is 4.98 Å². The number of thiazole rings is 1. The Bertz CT molecular complexity index is 568. The van der Waals surface area contributed by atoms with E-state index in [2.05, 4.69) is 10.3 Å². The topological polar surface area (TPSA) is 50.9 Å². The molecule has 8 heteroatoms. The number of nitrogens with two attached hydrogens (primary N) is 1. The van der Waals surface area contributed by atoms with Gasteiger partial charge in [-0.3, -0.25) is 0 Å². The number of nitrogens with zero attached hydrogens (tertiary/aromatic N) is 1. The van der Waals surface area contributed by atoms with Gasteiger partial charge >= 0.3 is 6.18 Å². The molecule has 0 aliphatic carbocycles. The molecular weight excluding hydrogens is 287 g/mol. The zero-order valence-electron chi connectivity index (χ0n) is 8.75. The predicted octanol–water partition coefficient (Wildman–Crippen LogP) is 4.14. The number of nitrogen functional groups attached to an aromatic ring is 1. The third kappa shape index (κ3) is 2.85. The monoisotopic (exact) mass is 293 g/mol. The summed E-state index contributed by atoms with van der Waals surface area (Å²) < 4.78 is 37.6. The van der Waals surface area contributed by atoms with Crippen LogP contribution in [0.4, 0.5) is 29.0 Å². The van der Waals surface area contributed by atoms with Crippen LogP contribution in [0.2, 0.25) is 5.02 Å². The van der Waals surface area contributed by atoms with Crippen molar-refractivity contribution in [2.24, 2.45) is 0 Å². The summed E-state index contributed by atoms with van der Waals surface area (Å²) in [5, 5.41) is 3.72. The molecule has 18 heavy (non-hydrogen) atoms. The van der Waals surface area contributed by atoms with Gasteiger partial charge in [0.25, 0.3) is 0 Å². The maximum Gasteiger partial charge on any atom is 0.416 e. The van der Waals surface area contributed by atoms with Gasteiger partial charge in [0.1, 0.15) is 5.00 Å². The first-order valence-corrected chi connectivity index (χ1v) is 5.91. The summed E-state index contributed by atoms with van der Waals surface area (Å²) in [5.74, 6) is 0. The van der Waals surface area contributed by atoms with Crippen molar-refractivity contribution >= 4 is 38.8 Å². The third-order valence-electron chi connectivity index (χ3n) is 2.06. The van der Waals surface area contributed by atoms with Crippen LogP contribution in [0, 0.1) is 0 Å². The molecule has 0 aliphatic rings. The molecular formula is C10H7ClF3N3S. The van der Waals surface area contributed by atoms with Crippen molar-refractivity contribution < 1.29 is 13.2 Å². The second kappa shape index (κ2) is 4.66. The Morgan fingerprint density at radius 1 is 1.33 bits per heavy atom. The van der Waals surface area contributed by atoms with E-state index in [1.165, 1.54) is 12.3 Å². The molecule has 0 saturated heterocycles. The molecule has 0 saturated carbocycles. The number of halogens is 4. The Kier molecular flexibility index (Phi) is 3.36. The van der Waals surface area contributed by atoms with Gasteiger partial charge in [0.2, 0.25) is 0 Å². The largest absolute Gasteiger partial charge is 0.416 e. The van der Waals surface area contributed by atoms with E-state index in [1.54, 1.807) is 0 Å². The number of nitrogens with one attached hydrogen (secondary N) is 1. The number of benzene rings is 1. The molecule has 2 rings (SSSR count). The van der Waals surface area contributed by atoms with Crippen LogP contribution in [0.1, 0.15) is 5.56 Å². The molecule has 0 fully saturated rings. The first-order valence-electron chi connectivity index (χ1n) is 4.71. The van der Waals surface area contributed by atoms with Crippen molar-refractivity contribution in [3.8, 4) is 0 Å². The molecule has 0 unspecified atom stereocenters. The second-order valence-corrected chi connectivity index (χ2v) is 4.85. The number of anilines is 3. The van der Waals surface area contributed by atoms with Crippen LogP contribution in [-0.4, -0.2) is 4.98 Å². The van der Waals surface area contributed by atoms with E-state index in [9.17, 15) is 13.2 Å². The molecule has 0 aliphatic heterocycles. The Labute approximate surface area is 109 Å². The van der Waals surface area contributed by atoms with Gasteiger partial charge in [-0.15, -0.1) is 0 Å². The highest BCUT2D eigenvalue weighted by Crippen LogP contribution is 2.35. The van der Waals surface area contributed by atoms with Crippen molar-refractivity contribution in [2.45, 2.75) is 6.18 Å². The van der Waals surface area contributed by atoms with Gasteiger partial charge in [-0.05, 0) is 18.2 Å². The number of aromatic nitrogens is 1. The highest BCUT2D eigenvalue weighted by atomic mass is 35.5. The summed E-state index contributed by atoms with van der Waals surface area (Å²) in [7, 11) is 0. The number of hydrogen-bond acceptors (Lipinski definition) is 4. The zero-order valence-corrected chi connectivity index (χ0v) is 10.3. The van der Waals surface area contributed by atoms with E-state index in [-0.39, 0.29) is 10.7 Å². The quantitative estimate of drug-likeness (QED) is 0.875. The first kappa shape index (κ1) is 13.0. The van der Waals surface area contributed by atoms with Crippen molar-refractivity contribution in [3.63, 3.8) is 0 Å².